The molecular formula is C14H23NO3S. The van der Waals surface area contributed by atoms with E-state index in [0.29, 0.717) is 4.90 Å². The molecule has 0 aromatic heterocycles. The molecule has 0 aliphatic heterocycles. The summed E-state index contributed by atoms with van der Waals surface area (Å²) in [7, 11) is -2.06. The number of benzene rings is 1. The van der Waals surface area contributed by atoms with Gasteiger partial charge in [-0.15, -0.1) is 0 Å². The van der Waals surface area contributed by atoms with E-state index in [0.717, 1.165) is 11.1 Å². The molecule has 0 fully saturated rings. The molecule has 1 aromatic carbocycles. The van der Waals surface area contributed by atoms with Crippen molar-refractivity contribution in [2.45, 2.75) is 38.0 Å². The van der Waals surface area contributed by atoms with Gasteiger partial charge in [0.1, 0.15) is 0 Å². The molecule has 0 amide bonds. The van der Waals surface area contributed by atoms with Crippen molar-refractivity contribution in [1.29, 1.82) is 0 Å². The molecule has 108 valence electrons. The van der Waals surface area contributed by atoms with Gasteiger partial charge in [0.25, 0.3) is 0 Å². The lowest BCUT2D eigenvalue weighted by molar-refractivity contribution is 0.266. The summed E-state index contributed by atoms with van der Waals surface area (Å²) in [4.78, 5) is 0.316. The topological polar surface area (TPSA) is 57.6 Å². The van der Waals surface area contributed by atoms with E-state index in [4.69, 9.17) is 5.11 Å². The van der Waals surface area contributed by atoms with Crippen LogP contribution in [0.15, 0.2) is 23.1 Å². The maximum atomic E-state index is 12.4. The Morgan fingerprint density at radius 1 is 1.26 bits per heavy atom. The minimum absolute atomic E-state index is 0.0987. The van der Waals surface area contributed by atoms with Gasteiger partial charge in [-0.2, -0.15) is 4.31 Å². The van der Waals surface area contributed by atoms with Gasteiger partial charge in [-0.1, -0.05) is 32.9 Å². The Kier molecular flexibility index (Phi) is 4.76. The molecular weight excluding hydrogens is 262 g/mol. The highest BCUT2D eigenvalue weighted by molar-refractivity contribution is 7.89. The SMILES string of the molecule is Cc1ccc(C(C)(C)C)cc1S(=O)(=O)N(C)CCO. The summed E-state index contributed by atoms with van der Waals surface area (Å²) >= 11 is 0. The van der Waals surface area contributed by atoms with Crippen LogP contribution in [0, 0.1) is 6.92 Å². The first-order chi connectivity index (χ1) is 8.60. The standard InChI is InChI=1S/C14H23NO3S/c1-11-6-7-12(14(2,3)4)10-13(11)19(17,18)15(5)8-9-16/h6-7,10,16H,8-9H2,1-5H3. The predicted molar refractivity (Wildman–Crippen MR) is 76.8 cm³/mol. The molecule has 0 bridgehead atoms. The van der Waals surface area contributed by atoms with Crippen molar-refractivity contribution in [3.8, 4) is 0 Å². The molecule has 0 aliphatic rings. The van der Waals surface area contributed by atoms with Gasteiger partial charge < -0.3 is 5.11 Å². The van der Waals surface area contributed by atoms with E-state index in [2.05, 4.69) is 0 Å². The summed E-state index contributed by atoms with van der Waals surface area (Å²) < 4.78 is 26.1. The van der Waals surface area contributed by atoms with Crippen LogP contribution in [0.4, 0.5) is 0 Å². The Morgan fingerprint density at radius 3 is 2.32 bits per heavy atom. The van der Waals surface area contributed by atoms with Gasteiger partial charge in [0.15, 0.2) is 0 Å². The lowest BCUT2D eigenvalue weighted by atomic mass is 9.87. The number of nitrogens with zero attached hydrogens (tertiary/aromatic N) is 1. The van der Waals surface area contributed by atoms with Crippen LogP contribution < -0.4 is 0 Å². The van der Waals surface area contributed by atoms with Crippen LogP contribution in [0.1, 0.15) is 31.9 Å². The molecule has 0 unspecified atom stereocenters. The van der Waals surface area contributed by atoms with Crippen molar-refractivity contribution in [3.63, 3.8) is 0 Å². The average molecular weight is 285 g/mol. The molecule has 0 saturated heterocycles. The van der Waals surface area contributed by atoms with Crippen LogP contribution in [-0.2, 0) is 15.4 Å². The van der Waals surface area contributed by atoms with Crippen molar-refractivity contribution in [3.05, 3.63) is 29.3 Å². The summed E-state index contributed by atoms with van der Waals surface area (Å²) in [6.07, 6.45) is 0. The monoisotopic (exact) mass is 285 g/mol. The highest BCUT2D eigenvalue weighted by Gasteiger charge is 2.24. The van der Waals surface area contributed by atoms with Gasteiger partial charge in [0.2, 0.25) is 10.0 Å². The highest BCUT2D eigenvalue weighted by Crippen LogP contribution is 2.27. The van der Waals surface area contributed by atoms with Gasteiger partial charge in [0, 0.05) is 13.6 Å². The fraction of sp³-hybridized carbons (Fsp3) is 0.571. The molecule has 4 nitrogen and oxygen atoms in total. The van der Waals surface area contributed by atoms with E-state index in [1.54, 1.807) is 13.0 Å². The maximum absolute atomic E-state index is 12.4. The average Bonchev–Trinajstić information content (AvgIpc) is 2.28. The lowest BCUT2D eigenvalue weighted by Crippen LogP contribution is -2.30. The summed E-state index contributed by atoms with van der Waals surface area (Å²) in [5.74, 6) is 0. The Bertz CT molecular complexity index is 544. The van der Waals surface area contributed by atoms with Crippen LogP contribution in [0.5, 0.6) is 0 Å². The first-order valence-electron chi connectivity index (χ1n) is 6.29. The van der Waals surface area contributed by atoms with Gasteiger partial charge >= 0.3 is 0 Å². The fourth-order valence-corrected chi connectivity index (χ4v) is 3.18. The number of likely N-dealkylation sites (N-methyl/N-ethyl adjacent to an activating group) is 1. The van der Waals surface area contributed by atoms with E-state index < -0.39 is 10.0 Å². The van der Waals surface area contributed by atoms with Crippen molar-refractivity contribution in [2.75, 3.05) is 20.2 Å². The van der Waals surface area contributed by atoms with Crippen molar-refractivity contribution >= 4 is 10.0 Å². The minimum Gasteiger partial charge on any atom is -0.395 e. The third kappa shape index (κ3) is 3.55. The smallest absolute Gasteiger partial charge is 0.243 e. The van der Waals surface area contributed by atoms with E-state index in [1.807, 2.05) is 32.9 Å². The molecule has 19 heavy (non-hydrogen) atoms. The zero-order valence-electron chi connectivity index (χ0n) is 12.3. The summed E-state index contributed by atoms with van der Waals surface area (Å²) in [6, 6.07) is 5.53. The second-order valence-corrected chi connectivity index (χ2v) is 7.79. The highest BCUT2D eigenvalue weighted by atomic mass is 32.2. The molecule has 0 atom stereocenters. The number of aliphatic hydroxyl groups is 1. The normalized spacial score (nSPS) is 13.0. The Balaban J connectivity index is 3.34. The Labute approximate surface area is 116 Å². The van der Waals surface area contributed by atoms with Crippen LogP contribution in [0.25, 0.3) is 0 Å². The van der Waals surface area contributed by atoms with E-state index in [-0.39, 0.29) is 18.6 Å². The van der Waals surface area contributed by atoms with Crippen LogP contribution >= 0.6 is 0 Å². The predicted octanol–water partition coefficient (Wildman–Crippen LogP) is 1.91. The molecule has 0 heterocycles. The first-order valence-corrected chi connectivity index (χ1v) is 7.73. The zero-order valence-corrected chi connectivity index (χ0v) is 13.1. The van der Waals surface area contributed by atoms with Crippen molar-refractivity contribution in [2.24, 2.45) is 0 Å². The summed E-state index contributed by atoms with van der Waals surface area (Å²) in [5, 5.41) is 8.89. The Morgan fingerprint density at radius 2 is 1.84 bits per heavy atom. The molecule has 1 N–H and O–H groups in total. The van der Waals surface area contributed by atoms with Gasteiger partial charge in [-0.25, -0.2) is 8.42 Å². The third-order valence-electron chi connectivity index (χ3n) is 3.16. The largest absolute Gasteiger partial charge is 0.395 e. The molecule has 0 aliphatic carbocycles. The Hall–Kier alpha value is -0.910. The zero-order chi connectivity index (χ0) is 14.8. The molecule has 1 aromatic rings. The third-order valence-corrected chi connectivity index (χ3v) is 5.16. The quantitative estimate of drug-likeness (QED) is 0.919. The van der Waals surface area contributed by atoms with E-state index in [1.165, 1.54) is 11.4 Å². The summed E-state index contributed by atoms with van der Waals surface area (Å²) in [5.41, 5.74) is 1.60. The van der Waals surface area contributed by atoms with Crippen LogP contribution in [0.2, 0.25) is 0 Å². The summed E-state index contributed by atoms with van der Waals surface area (Å²) in [6.45, 7) is 7.84. The van der Waals surface area contributed by atoms with Gasteiger partial charge in [0.05, 0.1) is 11.5 Å². The van der Waals surface area contributed by atoms with E-state index >= 15 is 0 Å². The number of aliphatic hydroxyl groups excluding tert-OH is 1. The van der Waals surface area contributed by atoms with Crippen molar-refractivity contribution < 1.29 is 13.5 Å². The van der Waals surface area contributed by atoms with Crippen molar-refractivity contribution in [1.82, 2.24) is 4.31 Å². The maximum Gasteiger partial charge on any atom is 0.243 e. The van der Waals surface area contributed by atoms with Gasteiger partial charge in [-0.05, 0) is 29.5 Å². The lowest BCUT2D eigenvalue weighted by Gasteiger charge is -2.22. The molecule has 0 radical (unpaired) electrons. The fourth-order valence-electron chi connectivity index (χ4n) is 1.77. The number of hydrogen-bond acceptors (Lipinski definition) is 3. The molecule has 5 heteroatoms. The molecule has 0 spiro atoms. The molecule has 1 rings (SSSR count). The number of aryl methyl sites for hydroxylation is 1. The number of sulfonamides is 1. The second kappa shape index (κ2) is 5.61. The number of hydrogen-bond donors (Lipinski definition) is 1. The van der Waals surface area contributed by atoms with E-state index in [9.17, 15) is 8.42 Å². The molecule has 0 saturated carbocycles. The van der Waals surface area contributed by atoms with Crippen LogP contribution in [-0.4, -0.2) is 38.0 Å². The van der Waals surface area contributed by atoms with Gasteiger partial charge in [-0.3, -0.25) is 0 Å². The first kappa shape index (κ1) is 16.1. The number of rotatable bonds is 4. The van der Waals surface area contributed by atoms with Crippen LogP contribution in [0.3, 0.4) is 0 Å². The second-order valence-electron chi connectivity index (χ2n) is 5.78. The minimum atomic E-state index is -3.54.